The van der Waals surface area contributed by atoms with Crippen LogP contribution in [-0.4, -0.2) is 104 Å². The minimum absolute atomic E-state index is 0.0826. The summed E-state index contributed by atoms with van der Waals surface area (Å²) in [6.45, 7) is 3.60. The molecule has 0 aliphatic heterocycles. The highest BCUT2D eigenvalue weighted by Gasteiger charge is 2.39. The van der Waals surface area contributed by atoms with Crippen LogP contribution in [0, 0.1) is 11.8 Å². The fraction of sp³-hybridized carbons (Fsp3) is 0.667. The summed E-state index contributed by atoms with van der Waals surface area (Å²) >= 11 is 0. The number of quaternary nitrogens is 1. The third-order valence-corrected chi connectivity index (χ3v) is 11.0. The van der Waals surface area contributed by atoms with Gasteiger partial charge in [-0.2, -0.15) is 0 Å². The number of phosphoric ester groups is 1. The number of carbonyl (C=O) groups excluding carboxylic acids is 2. The van der Waals surface area contributed by atoms with Gasteiger partial charge in [0.25, 0.3) is 7.82 Å². The number of rotatable bonds is 35. The van der Waals surface area contributed by atoms with Gasteiger partial charge in [0.2, 0.25) is 0 Å². The zero-order chi connectivity index (χ0) is 45.2. The molecule has 0 radical (unpaired) electrons. The molecule has 1 saturated carbocycles. The summed E-state index contributed by atoms with van der Waals surface area (Å²) in [4.78, 5) is 37.8. The summed E-state index contributed by atoms with van der Waals surface area (Å²) in [5.41, 5.74) is 0. The molecule has 0 aromatic heterocycles. The van der Waals surface area contributed by atoms with E-state index in [4.69, 9.17) is 18.5 Å². The van der Waals surface area contributed by atoms with Gasteiger partial charge in [-0.05, 0) is 63.7 Å². The zero-order valence-electron chi connectivity index (χ0n) is 37.9. The molecule has 13 heteroatoms. The van der Waals surface area contributed by atoms with Gasteiger partial charge < -0.3 is 43.2 Å². The van der Waals surface area contributed by atoms with E-state index in [2.05, 4.69) is 62.5 Å². The number of nitrogens with zero attached hydrogens (tertiary/aromatic N) is 1. The van der Waals surface area contributed by atoms with Crippen molar-refractivity contribution in [3.63, 3.8) is 0 Å². The lowest BCUT2D eigenvalue weighted by Crippen LogP contribution is -2.37. The SMILES string of the molecule is CCCCC/C=C\C/C=C\C/C=C\C/C=C\C/C=C\CCC(=O)OC[C@H](COP(=O)([O-])OCC[N+](C)(C)C)OC(=O)C/C=C\C[C@H]1[C@@H](/C=C/[C@H](O)CCCCC)[C@H](O)C[C@@H]1O. The van der Waals surface area contributed by atoms with Gasteiger partial charge in [-0.3, -0.25) is 14.2 Å². The first-order chi connectivity index (χ1) is 29.2. The molecule has 0 spiro atoms. The third kappa shape index (κ3) is 31.5. The summed E-state index contributed by atoms with van der Waals surface area (Å²) in [5, 5.41) is 31.4. The van der Waals surface area contributed by atoms with E-state index < -0.39 is 57.4 Å². The van der Waals surface area contributed by atoms with Crippen LogP contribution >= 0.6 is 7.82 Å². The van der Waals surface area contributed by atoms with Crippen LogP contribution in [0.2, 0.25) is 0 Å². The van der Waals surface area contributed by atoms with Gasteiger partial charge in [0.1, 0.15) is 19.8 Å². The summed E-state index contributed by atoms with van der Waals surface area (Å²) in [5.74, 6) is -1.90. The van der Waals surface area contributed by atoms with Crippen molar-refractivity contribution in [3.8, 4) is 0 Å². The quantitative estimate of drug-likeness (QED) is 0.0183. The number of likely N-dealkylation sites (N-methyl/N-ethyl adjacent to an activating group) is 1. The van der Waals surface area contributed by atoms with Crippen molar-refractivity contribution < 1.29 is 57.4 Å². The zero-order valence-corrected chi connectivity index (χ0v) is 38.8. The van der Waals surface area contributed by atoms with Crippen molar-refractivity contribution in [3.05, 3.63) is 85.1 Å². The monoisotopic (exact) mass is 878 g/mol. The second-order valence-corrected chi connectivity index (χ2v) is 18.1. The summed E-state index contributed by atoms with van der Waals surface area (Å²) in [6, 6.07) is 0. The van der Waals surface area contributed by atoms with Gasteiger partial charge >= 0.3 is 11.9 Å². The average Bonchev–Trinajstić information content (AvgIpc) is 3.47. The predicted octanol–water partition coefficient (Wildman–Crippen LogP) is 8.54. The number of ether oxygens (including phenoxy) is 2. The predicted molar refractivity (Wildman–Crippen MR) is 242 cm³/mol. The van der Waals surface area contributed by atoms with Crippen molar-refractivity contribution in [1.82, 2.24) is 0 Å². The molecule has 0 bridgehead atoms. The largest absolute Gasteiger partial charge is 0.756 e. The van der Waals surface area contributed by atoms with Crippen LogP contribution in [0.3, 0.4) is 0 Å². The first kappa shape index (κ1) is 56.1. The molecule has 61 heavy (non-hydrogen) atoms. The number of allylic oxidation sites excluding steroid dienone is 11. The molecule has 1 aliphatic rings. The highest BCUT2D eigenvalue weighted by atomic mass is 31.2. The van der Waals surface area contributed by atoms with E-state index >= 15 is 0 Å². The van der Waals surface area contributed by atoms with E-state index in [0.717, 1.165) is 51.4 Å². The number of unbranched alkanes of at least 4 members (excludes halogenated alkanes) is 5. The van der Waals surface area contributed by atoms with E-state index in [1.807, 2.05) is 33.3 Å². The maximum Gasteiger partial charge on any atom is 0.310 e. The topological polar surface area (TPSA) is 172 Å². The van der Waals surface area contributed by atoms with Crippen molar-refractivity contribution in [1.29, 1.82) is 0 Å². The molecule has 12 nitrogen and oxygen atoms in total. The number of aliphatic hydroxyl groups is 3. The molecule has 0 aromatic carbocycles. The number of aliphatic hydroxyl groups excluding tert-OH is 3. The van der Waals surface area contributed by atoms with Gasteiger partial charge in [-0.25, -0.2) is 0 Å². The van der Waals surface area contributed by atoms with Crippen LogP contribution in [-0.2, 0) is 32.7 Å². The van der Waals surface area contributed by atoms with Crippen LogP contribution in [0.15, 0.2) is 85.1 Å². The average molecular weight is 878 g/mol. The lowest BCUT2D eigenvalue weighted by molar-refractivity contribution is -0.870. The van der Waals surface area contributed by atoms with Crippen LogP contribution in [0.4, 0.5) is 0 Å². The van der Waals surface area contributed by atoms with E-state index in [0.29, 0.717) is 30.3 Å². The standard InChI is InChI=1S/C48H80NO11P/c1-6-8-10-11-12-13-14-15-16-17-18-19-20-21-22-23-24-25-27-32-47(53)57-39-42(40-59-61(55,56)58-37-36-49(3,4)5)60-48(54)33-29-28-31-43-44(46(52)38-45(43)51)35-34-41(50)30-26-9-7-2/h12-13,15-16,18-19,21-22,24-25,28-29,34-35,41-46,50-52H,6-11,14,17,20,23,26-27,30-33,36-40H2,1-5H3/b13-12-,16-15-,19-18-,22-21-,25-24-,29-28-,35-34+/t41-,42-,43+,44-,45+,46-/m1/s1. The van der Waals surface area contributed by atoms with E-state index in [-0.39, 0.29) is 37.7 Å². The van der Waals surface area contributed by atoms with Crippen LogP contribution in [0.5, 0.6) is 0 Å². The molecule has 0 aromatic rings. The van der Waals surface area contributed by atoms with Crippen LogP contribution < -0.4 is 4.89 Å². The Morgan fingerprint density at radius 2 is 1.34 bits per heavy atom. The molecule has 3 N–H and O–H groups in total. The Bertz CT molecular complexity index is 1430. The molecule has 1 unspecified atom stereocenters. The normalized spacial score (nSPS) is 21.0. The molecule has 1 rings (SSSR count). The van der Waals surface area contributed by atoms with Gasteiger partial charge in [-0.1, -0.05) is 131 Å². The Morgan fingerprint density at radius 1 is 0.754 bits per heavy atom. The van der Waals surface area contributed by atoms with Crippen molar-refractivity contribution >= 4 is 19.8 Å². The highest BCUT2D eigenvalue weighted by Crippen LogP contribution is 2.38. The highest BCUT2D eigenvalue weighted by molar-refractivity contribution is 7.45. The lowest BCUT2D eigenvalue weighted by atomic mass is 9.89. The molecule has 0 heterocycles. The maximum atomic E-state index is 12.8. The van der Waals surface area contributed by atoms with Crippen LogP contribution in [0.25, 0.3) is 0 Å². The van der Waals surface area contributed by atoms with Gasteiger partial charge in [0.15, 0.2) is 6.10 Å². The number of carbonyl (C=O) groups is 2. The fourth-order valence-corrected chi connectivity index (χ4v) is 7.10. The molecule has 0 amide bonds. The smallest absolute Gasteiger partial charge is 0.310 e. The second kappa shape index (κ2) is 34.5. The first-order valence-electron chi connectivity index (χ1n) is 22.6. The van der Waals surface area contributed by atoms with Gasteiger partial charge in [0.05, 0.1) is 52.5 Å². The van der Waals surface area contributed by atoms with Gasteiger partial charge in [0, 0.05) is 18.8 Å². The van der Waals surface area contributed by atoms with Crippen LogP contribution in [0.1, 0.15) is 123 Å². The molecular formula is C48H80NO11P. The minimum atomic E-state index is -4.74. The molecule has 348 valence electrons. The first-order valence-corrected chi connectivity index (χ1v) is 24.0. The Hall–Kier alpha value is -2.93. The Labute approximate surface area is 368 Å². The lowest BCUT2D eigenvalue weighted by Gasteiger charge is -2.28. The Morgan fingerprint density at radius 3 is 1.95 bits per heavy atom. The molecule has 1 aliphatic carbocycles. The number of phosphoric acid groups is 1. The molecule has 1 fully saturated rings. The van der Waals surface area contributed by atoms with Gasteiger partial charge in [-0.15, -0.1) is 0 Å². The van der Waals surface area contributed by atoms with E-state index in [9.17, 15) is 34.4 Å². The van der Waals surface area contributed by atoms with Crippen molar-refractivity contribution in [2.75, 3.05) is 47.5 Å². The second-order valence-electron chi connectivity index (χ2n) is 16.7. The van der Waals surface area contributed by atoms with Crippen molar-refractivity contribution in [2.24, 2.45) is 11.8 Å². The number of hydrogen-bond donors (Lipinski definition) is 3. The third-order valence-electron chi connectivity index (χ3n) is 10.0. The Balaban J connectivity index is 2.60. The van der Waals surface area contributed by atoms with E-state index in [1.54, 1.807) is 24.3 Å². The summed E-state index contributed by atoms with van der Waals surface area (Å²) in [6.07, 6.45) is 37.6. The maximum absolute atomic E-state index is 12.8. The molecular weight excluding hydrogens is 797 g/mol. The summed E-state index contributed by atoms with van der Waals surface area (Å²) in [7, 11) is 0.918. The Kier molecular flexibility index (Phi) is 31.8. The fourth-order valence-electron chi connectivity index (χ4n) is 6.38. The summed E-state index contributed by atoms with van der Waals surface area (Å²) < 4.78 is 33.7. The number of hydrogen-bond acceptors (Lipinski definition) is 11. The van der Waals surface area contributed by atoms with Crippen molar-refractivity contribution in [2.45, 2.75) is 147 Å². The minimum Gasteiger partial charge on any atom is -0.756 e. The number of esters is 2. The molecule has 0 saturated heterocycles. The molecule has 7 atom stereocenters. The van der Waals surface area contributed by atoms with E-state index in [1.165, 1.54) is 19.3 Å².